The fourth-order valence-corrected chi connectivity index (χ4v) is 2.35. The Morgan fingerprint density at radius 3 is 2.90 bits per heavy atom. The van der Waals surface area contributed by atoms with Crippen LogP contribution >= 0.6 is 15.9 Å². The fourth-order valence-electron chi connectivity index (χ4n) is 2.14. The summed E-state index contributed by atoms with van der Waals surface area (Å²) in [7, 11) is 0. The molecule has 0 bridgehead atoms. The number of aryl methyl sites for hydroxylation is 1. The topological polar surface area (TPSA) is 48.0 Å². The van der Waals surface area contributed by atoms with Crippen LogP contribution in [0.1, 0.15) is 35.1 Å². The molecule has 0 fully saturated rings. The summed E-state index contributed by atoms with van der Waals surface area (Å²) in [6.45, 7) is 4.82. The highest BCUT2D eigenvalue weighted by Gasteiger charge is 2.10. The maximum Gasteiger partial charge on any atom is 0.137 e. The van der Waals surface area contributed by atoms with Crippen LogP contribution in [0.15, 0.2) is 30.7 Å². The lowest BCUT2D eigenvalue weighted by Crippen LogP contribution is -2.00. The molecule has 104 valence electrons. The normalized spacial score (nSPS) is 12.9. The second-order valence-corrected chi connectivity index (χ2v) is 6.03. The summed E-state index contributed by atoms with van der Waals surface area (Å²) in [5.41, 5.74) is 4.12. The SMILES string of the molecule is CCC(Br)c1cn(Cc2cn3cc(C)ccc3n2)nn1. The Labute approximate surface area is 125 Å². The number of pyridine rings is 1. The zero-order valence-corrected chi connectivity index (χ0v) is 13.1. The van der Waals surface area contributed by atoms with Crippen molar-refractivity contribution >= 4 is 21.6 Å². The number of rotatable bonds is 4. The molecule has 3 rings (SSSR count). The number of imidazole rings is 1. The van der Waals surface area contributed by atoms with Crippen LogP contribution in [0.5, 0.6) is 0 Å². The third kappa shape index (κ3) is 2.60. The standard InChI is InChI=1S/C14H16BrN5/c1-3-12(15)13-9-20(18-17-13)8-11-7-19-6-10(2)4-5-14(19)16-11/h4-7,9,12H,3,8H2,1-2H3. The average Bonchev–Trinajstić information content (AvgIpc) is 3.04. The van der Waals surface area contributed by atoms with Gasteiger partial charge >= 0.3 is 0 Å². The maximum absolute atomic E-state index is 4.59. The summed E-state index contributed by atoms with van der Waals surface area (Å²) in [4.78, 5) is 4.85. The summed E-state index contributed by atoms with van der Waals surface area (Å²) in [6.07, 6.45) is 7.07. The van der Waals surface area contributed by atoms with Crippen LogP contribution < -0.4 is 0 Å². The van der Waals surface area contributed by atoms with Gasteiger partial charge < -0.3 is 4.40 Å². The number of hydrogen-bond acceptors (Lipinski definition) is 3. The van der Waals surface area contributed by atoms with Crippen molar-refractivity contribution in [2.75, 3.05) is 0 Å². The van der Waals surface area contributed by atoms with E-state index in [-0.39, 0.29) is 4.83 Å². The molecule has 5 nitrogen and oxygen atoms in total. The van der Waals surface area contributed by atoms with Crippen LogP contribution in [0.4, 0.5) is 0 Å². The molecule has 0 N–H and O–H groups in total. The van der Waals surface area contributed by atoms with Gasteiger partial charge in [0.15, 0.2) is 0 Å². The first-order valence-corrected chi connectivity index (χ1v) is 7.55. The quantitative estimate of drug-likeness (QED) is 0.689. The van der Waals surface area contributed by atoms with Gasteiger partial charge in [0.25, 0.3) is 0 Å². The van der Waals surface area contributed by atoms with Gasteiger partial charge in [-0.05, 0) is 25.0 Å². The van der Waals surface area contributed by atoms with Gasteiger partial charge in [0, 0.05) is 12.4 Å². The maximum atomic E-state index is 4.59. The number of halogens is 1. The minimum atomic E-state index is 0.264. The highest BCUT2D eigenvalue weighted by Crippen LogP contribution is 2.23. The molecular formula is C14H16BrN5. The highest BCUT2D eigenvalue weighted by atomic mass is 79.9. The second-order valence-electron chi connectivity index (χ2n) is 4.92. The molecule has 0 radical (unpaired) electrons. The summed E-state index contributed by atoms with van der Waals surface area (Å²) in [6, 6.07) is 4.09. The molecule has 0 spiro atoms. The van der Waals surface area contributed by atoms with Crippen molar-refractivity contribution in [3.63, 3.8) is 0 Å². The van der Waals surface area contributed by atoms with E-state index in [1.165, 1.54) is 5.56 Å². The number of hydrogen-bond donors (Lipinski definition) is 0. The summed E-state index contributed by atoms with van der Waals surface area (Å²) in [5, 5.41) is 8.34. The van der Waals surface area contributed by atoms with Crippen LogP contribution in [0, 0.1) is 6.92 Å². The molecule has 0 aliphatic heterocycles. The van der Waals surface area contributed by atoms with Crippen molar-refractivity contribution in [2.45, 2.75) is 31.6 Å². The molecule has 0 aliphatic rings. The zero-order valence-electron chi connectivity index (χ0n) is 11.5. The molecule has 0 amide bonds. The van der Waals surface area contributed by atoms with Crippen molar-refractivity contribution in [3.8, 4) is 0 Å². The first-order chi connectivity index (χ1) is 9.65. The summed E-state index contributed by atoms with van der Waals surface area (Å²) < 4.78 is 3.87. The van der Waals surface area contributed by atoms with E-state index in [1.54, 1.807) is 0 Å². The van der Waals surface area contributed by atoms with E-state index in [2.05, 4.69) is 57.3 Å². The molecule has 1 atom stereocenters. The van der Waals surface area contributed by atoms with E-state index in [4.69, 9.17) is 0 Å². The Hall–Kier alpha value is -1.69. The van der Waals surface area contributed by atoms with Gasteiger partial charge in [-0.3, -0.25) is 0 Å². The van der Waals surface area contributed by atoms with Gasteiger partial charge in [-0.15, -0.1) is 5.10 Å². The minimum Gasteiger partial charge on any atom is -0.306 e. The molecule has 6 heteroatoms. The number of fused-ring (bicyclic) bond motifs is 1. The van der Waals surface area contributed by atoms with Crippen molar-refractivity contribution in [2.24, 2.45) is 0 Å². The largest absolute Gasteiger partial charge is 0.306 e. The van der Waals surface area contributed by atoms with Gasteiger partial charge in [0.1, 0.15) is 5.65 Å². The molecule has 0 aromatic carbocycles. The fraction of sp³-hybridized carbons (Fsp3) is 0.357. The van der Waals surface area contributed by atoms with Crippen molar-refractivity contribution in [1.29, 1.82) is 0 Å². The van der Waals surface area contributed by atoms with E-state index in [0.717, 1.165) is 23.5 Å². The Balaban J connectivity index is 1.83. The lowest BCUT2D eigenvalue weighted by atomic mass is 10.3. The van der Waals surface area contributed by atoms with Crippen LogP contribution in [0.2, 0.25) is 0 Å². The molecule has 3 aromatic rings. The molecule has 0 saturated heterocycles. The first kappa shape index (κ1) is 13.3. The molecule has 3 aromatic heterocycles. The lowest BCUT2D eigenvalue weighted by Gasteiger charge is -1.99. The monoisotopic (exact) mass is 333 g/mol. The van der Waals surface area contributed by atoms with Gasteiger partial charge in [0.05, 0.1) is 29.0 Å². The van der Waals surface area contributed by atoms with Crippen LogP contribution in [0.25, 0.3) is 5.65 Å². The van der Waals surface area contributed by atoms with Crippen molar-refractivity contribution < 1.29 is 0 Å². The molecule has 0 saturated carbocycles. The van der Waals surface area contributed by atoms with E-state index in [0.29, 0.717) is 6.54 Å². The van der Waals surface area contributed by atoms with E-state index in [9.17, 15) is 0 Å². The summed E-state index contributed by atoms with van der Waals surface area (Å²) in [5.74, 6) is 0. The smallest absolute Gasteiger partial charge is 0.137 e. The zero-order chi connectivity index (χ0) is 14.1. The van der Waals surface area contributed by atoms with Crippen molar-refractivity contribution in [1.82, 2.24) is 24.4 Å². The van der Waals surface area contributed by atoms with E-state index >= 15 is 0 Å². The summed E-state index contributed by atoms with van der Waals surface area (Å²) >= 11 is 3.58. The van der Waals surface area contributed by atoms with Gasteiger partial charge in [-0.1, -0.05) is 34.1 Å². The highest BCUT2D eigenvalue weighted by molar-refractivity contribution is 9.09. The Kier molecular flexibility index (Phi) is 3.56. The van der Waals surface area contributed by atoms with E-state index < -0.39 is 0 Å². The first-order valence-electron chi connectivity index (χ1n) is 6.64. The number of aromatic nitrogens is 5. The third-order valence-electron chi connectivity index (χ3n) is 3.21. The van der Waals surface area contributed by atoms with Crippen LogP contribution in [-0.2, 0) is 6.54 Å². The Morgan fingerprint density at radius 1 is 1.25 bits per heavy atom. The third-order valence-corrected chi connectivity index (χ3v) is 4.33. The molecule has 1 unspecified atom stereocenters. The van der Waals surface area contributed by atoms with E-state index in [1.807, 2.05) is 27.5 Å². The van der Waals surface area contributed by atoms with Gasteiger partial charge in [0.2, 0.25) is 0 Å². The van der Waals surface area contributed by atoms with Crippen LogP contribution in [0.3, 0.4) is 0 Å². The molecule has 20 heavy (non-hydrogen) atoms. The number of nitrogens with zero attached hydrogens (tertiary/aromatic N) is 5. The second kappa shape index (κ2) is 5.36. The van der Waals surface area contributed by atoms with Crippen LogP contribution in [-0.4, -0.2) is 24.4 Å². The van der Waals surface area contributed by atoms with Crippen molar-refractivity contribution in [3.05, 3.63) is 47.7 Å². The Morgan fingerprint density at radius 2 is 2.10 bits per heavy atom. The lowest BCUT2D eigenvalue weighted by molar-refractivity contribution is 0.640. The predicted molar refractivity (Wildman–Crippen MR) is 81.0 cm³/mol. The Bertz CT molecular complexity index is 730. The average molecular weight is 334 g/mol. The van der Waals surface area contributed by atoms with Gasteiger partial charge in [-0.2, -0.15) is 0 Å². The molecule has 3 heterocycles. The van der Waals surface area contributed by atoms with Gasteiger partial charge in [-0.25, -0.2) is 9.67 Å². The number of alkyl halides is 1. The molecule has 0 aliphatic carbocycles. The predicted octanol–water partition coefficient (Wildman–Crippen LogP) is 3.13. The molecular weight excluding hydrogens is 318 g/mol. The minimum absolute atomic E-state index is 0.264.